The van der Waals surface area contributed by atoms with Crippen LogP contribution in [0.4, 0.5) is 4.39 Å². The highest BCUT2D eigenvalue weighted by Crippen LogP contribution is 2.25. The maximum absolute atomic E-state index is 14.8. The van der Waals surface area contributed by atoms with Crippen LogP contribution in [0, 0.1) is 0 Å². The summed E-state index contributed by atoms with van der Waals surface area (Å²) >= 11 is 1.54. The van der Waals surface area contributed by atoms with Gasteiger partial charge in [0.25, 0.3) is 0 Å². The number of rotatable bonds is 7. The predicted octanol–water partition coefficient (Wildman–Crippen LogP) is 3.39. The molecule has 160 valence electrons. The Morgan fingerprint density at radius 3 is 2.77 bits per heavy atom. The third kappa shape index (κ3) is 4.63. The molecule has 9 heteroatoms. The van der Waals surface area contributed by atoms with Crippen LogP contribution >= 0.6 is 11.3 Å². The summed E-state index contributed by atoms with van der Waals surface area (Å²) < 4.78 is 16.8. The second-order valence-corrected chi connectivity index (χ2v) is 8.90. The van der Waals surface area contributed by atoms with E-state index in [4.69, 9.17) is 0 Å². The van der Waals surface area contributed by atoms with Crippen LogP contribution in [0.25, 0.3) is 16.3 Å². The van der Waals surface area contributed by atoms with Crippen LogP contribution in [0.3, 0.4) is 0 Å². The van der Waals surface area contributed by atoms with Gasteiger partial charge in [0, 0.05) is 54.8 Å². The van der Waals surface area contributed by atoms with Crippen LogP contribution in [0.5, 0.6) is 0 Å². The smallest absolute Gasteiger partial charge is 0.188 e. The molecule has 31 heavy (non-hydrogen) atoms. The first kappa shape index (κ1) is 20.2. The Morgan fingerprint density at radius 1 is 1.00 bits per heavy atom. The van der Waals surface area contributed by atoms with Crippen molar-refractivity contribution in [3.63, 3.8) is 0 Å². The van der Waals surface area contributed by atoms with Crippen molar-refractivity contribution in [2.45, 2.75) is 50.6 Å². The van der Waals surface area contributed by atoms with Gasteiger partial charge in [0.15, 0.2) is 10.8 Å². The molecule has 0 bridgehead atoms. The third-order valence-electron chi connectivity index (χ3n) is 5.69. The molecular weight excluding hydrogens is 413 g/mol. The zero-order chi connectivity index (χ0) is 21.0. The largest absolute Gasteiger partial charge is 0.308 e. The van der Waals surface area contributed by atoms with E-state index >= 15 is 0 Å². The molecule has 1 aliphatic rings. The molecule has 4 heterocycles. The van der Waals surface area contributed by atoms with E-state index in [0.717, 1.165) is 33.9 Å². The van der Waals surface area contributed by atoms with E-state index in [9.17, 15) is 4.39 Å². The molecule has 1 fully saturated rings. The van der Waals surface area contributed by atoms with Gasteiger partial charge in [0.1, 0.15) is 6.17 Å². The maximum Gasteiger partial charge on any atom is 0.188 e. The number of halogens is 1. The summed E-state index contributed by atoms with van der Waals surface area (Å²) in [5.41, 5.74) is 2.15. The maximum atomic E-state index is 14.8. The Kier molecular flexibility index (Phi) is 5.97. The van der Waals surface area contributed by atoms with E-state index < -0.39 is 6.17 Å². The number of hydrogen-bond donors (Lipinski definition) is 2. The van der Waals surface area contributed by atoms with Crippen LogP contribution in [0.1, 0.15) is 29.8 Å². The summed E-state index contributed by atoms with van der Waals surface area (Å²) in [4.78, 5) is 13.9. The lowest BCUT2D eigenvalue weighted by molar-refractivity contribution is 0.160. The number of pyridine rings is 1. The summed E-state index contributed by atoms with van der Waals surface area (Å²) in [6.07, 6.45) is 8.41. The van der Waals surface area contributed by atoms with Gasteiger partial charge in [0.2, 0.25) is 0 Å². The molecule has 0 aliphatic heterocycles. The van der Waals surface area contributed by atoms with Crippen molar-refractivity contribution in [2.24, 2.45) is 0 Å². The Labute approximate surface area is 183 Å². The molecule has 0 saturated heterocycles. The molecule has 5 rings (SSSR count). The van der Waals surface area contributed by atoms with Crippen LogP contribution in [-0.2, 0) is 13.1 Å². The lowest BCUT2D eigenvalue weighted by atomic mass is 9.89. The van der Waals surface area contributed by atoms with Gasteiger partial charge in [-0.1, -0.05) is 6.07 Å². The van der Waals surface area contributed by atoms with Crippen molar-refractivity contribution in [3.05, 3.63) is 65.7 Å². The Morgan fingerprint density at radius 2 is 1.90 bits per heavy atom. The molecule has 0 unspecified atom stereocenters. The van der Waals surface area contributed by atoms with Gasteiger partial charge in [0.05, 0.1) is 11.2 Å². The number of nitrogens with zero attached hydrogens (tertiary/aromatic N) is 5. The van der Waals surface area contributed by atoms with Gasteiger partial charge in [-0.05, 0) is 43.5 Å². The van der Waals surface area contributed by atoms with E-state index in [1.165, 1.54) is 0 Å². The van der Waals surface area contributed by atoms with Crippen molar-refractivity contribution < 1.29 is 4.39 Å². The van der Waals surface area contributed by atoms with Crippen molar-refractivity contribution in [3.8, 4) is 10.8 Å². The first-order valence-electron chi connectivity index (χ1n) is 10.5. The van der Waals surface area contributed by atoms with Crippen molar-refractivity contribution in [1.29, 1.82) is 0 Å². The highest BCUT2D eigenvalue weighted by Gasteiger charge is 2.30. The Balaban J connectivity index is 1.11. The molecule has 0 amide bonds. The number of aromatic nitrogens is 5. The third-order valence-corrected chi connectivity index (χ3v) is 6.69. The lowest BCUT2D eigenvalue weighted by Gasteiger charge is -2.33. The first-order chi connectivity index (χ1) is 15.3. The summed E-state index contributed by atoms with van der Waals surface area (Å²) in [7, 11) is 0. The fourth-order valence-corrected chi connectivity index (χ4v) is 4.87. The molecule has 0 aromatic carbocycles. The molecule has 4 aromatic rings. The summed E-state index contributed by atoms with van der Waals surface area (Å²) in [6, 6.07) is 9.92. The molecule has 3 atom stereocenters. The average Bonchev–Trinajstić information content (AvgIpc) is 3.47. The molecule has 0 radical (unpaired) electrons. The highest BCUT2D eigenvalue weighted by molar-refractivity contribution is 7.14. The summed E-state index contributed by atoms with van der Waals surface area (Å²) in [5.74, 6) is 0.625. The van der Waals surface area contributed by atoms with Crippen molar-refractivity contribution in [1.82, 2.24) is 35.2 Å². The standard InChI is InChI=1S/C22H24FN7S/c23-19-11-15(26-12-17-4-1-3-16-7-10-29-30(16)17)5-6-20(19)27-13-18-14-28-22(31-18)21-24-8-2-9-25-21/h1-4,7-10,14-15,19-20,26-27H,5-6,11-13H2/t15-,19+,20-/m1/s1. The number of alkyl halides is 1. The highest BCUT2D eigenvalue weighted by atomic mass is 32.1. The zero-order valence-electron chi connectivity index (χ0n) is 17.0. The van der Waals surface area contributed by atoms with E-state index in [0.29, 0.717) is 25.3 Å². The normalized spacial score (nSPS) is 21.5. The second-order valence-electron chi connectivity index (χ2n) is 7.78. The molecular formula is C22H24FN7S. The predicted molar refractivity (Wildman–Crippen MR) is 118 cm³/mol. The lowest BCUT2D eigenvalue weighted by Crippen LogP contribution is -2.46. The molecule has 1 aliphatic carbocycles. The van der Waals surface area contributed by atoms with Gasteiger partial charge in [-0.25, -0.2) is 23.9 Å². The van der Waals surface area contributed by atoms with Crippen LogP contribution in [-0.4, -0.2) is 42.8 Å². The minimum atomic E-state index is -0.878. The van der Waals surface area contributed by atoms with Crippen LogP contribution in [0.2, 0.25) is 0 Å². The van der Waals surface area contributed by atoms with Gasteiger partial charge >= 0.3 is 0 Å². The molecule has 2 N–H and O–H groups in total. The minimum absolute atomic E-state index is 0.133. The second kappa shape index (κ2) is 9.17. The topological polar surface area (TPSA) is 80.0 Å². The minimum Gasteiger partial charge on any atom is -0.308 e. The van der Waals surface area contributed by atoms with E-state index in [-0.39, 0.29) is 12.1 Å². The summed E-state index contributed by atoms with van der Waals surface area (Å²) in [5, 5.41) is 12.0. The van der Waals surface area contributed by atoms with Gasteiger partial charge < -0.3 is 10.6 Å². The fourth-order valence-electron chi connectivity index (χ4n) is 4.06. The summed E-state index contributed by atoms with van der Waals surface area (Å²) in [6.45, 7) is 1.29. The molecule has 1 saturated carbocycles. The van der Waals surface area contributed by atoms with Gasteiger partial charge in [-0.15, -0.1) is 11.3 Å². The first-order valence-corrected chi connectivity index (χ1v) is 11.3. The molecule has 4 aromatic heterocycles. The van der Waals surface area contributed by atoms with Crippen molar-refractivity contribution >= 4 is 16.9 Å². The number of fused-ring (bicyclic) bond motifs is 1. The van der Waals surface area contributed by atoms with Crippen molar-refractivity contribution in [2.75, 3.05) is 0 Å². The number of thiazole rings is 1. The SMILES string of the molecule is F[C@H]1C[C@H](NCc2cccc3ccnn23)CC[C@H]1NCc1cnc(-c2ncccn2)s1. The van der Waals surface area contributed by atoms with Crippen LogP contribution < -0.4 is 10.6 Å². The molecule has 7 nitrogen and oxygen atoms in total. The average molecular weight is 438 g/mol. The molecule has 0 spiro atoms. The fraction of sp³-hybridized carbons (Fsp3) is 0.364. The van der Waals surface area contributed by atoms with E-state index in [1.807, 2.05) is 28.9 Å². The monoisotopic (exact) mass is 437 g/mol. The number of nitrogens with one attached hydrogen (secondary N) is 2. The van der Waals surface area contributed by atoms with E-state index in [2.05, 4.69) is 36.8 Å². The number of hydrogen-bond acceptors (Lipinski definition) is 7. The quantitative estimate of drug-likeness (QED) is 0.461. The van der Waals surface area contributed by atoms with E-state index in [1.54, 1.807) is 36.0 Å². The van der Waals surface area contributed by atoms with Gasteiger partial charge in [-0.2, -0.15) is 5.10 Å². The zero-order valence-corrected chi connectivity index (χ0v) is 17.8. The Hall–Kier alpha value is -2.75. The van der Waals surface area contributed by atoms with Gasteiger partial charge in [-0.3, -0.25) is 0 Å². The van der Waals surface area contributed by atoms with Crippen LogP contribution in [0.15, 0.2) is 55.1 Å². The Bertz CT molecular complexity index is 1130.